The van der Waals surface area contributed by atoms with Crippen LogP contribution in [0.25, 0.3) is 0 Å². The van der Waals surface area contributed by atoms with Gasteiger partial charge in [-0.15, -0.1) is 0 Å². The second-order valence-electron chi connectivity index (χ2n) is 14.0. The van der Waals surface area contributed by atoms with Crippen molar-refractivity contribution in [3.05, 3.63) is 36.5 Å². The summed E-state index contributed by atoms with van der Waals surface area (Å²) >= 11 is 0. The van der Waals surface area contributed by atoms with E-state index in [9.17, 15) is 24.5 Å². The van der Waals surface area contributed by atoms with Crippen molar-refractivity contribution >= 4 is 13.7 Å². The van der Waals surface area contributed by atoms with Gasteiger partial charge in [-0.3, -0.25) is 13.8 Å². The molecule has 0 rings (SSSR count). The van der Waals surface area contributed by atoms with Gasteiger partial charge in [0.1, 0.15) is 0 Å². The fraction of sp³-hybridized carbons (Fsp3) is 0.829. The Labute approximate surface area is 312 Å². The minimum absolute atomic E-state index is 0.0468. The average molecular weight is 743 g/mol. The fourth-order valence-corrected chi connectivity index (χ4v) is 6.61. The SMILES string of the molecule is CCCCC/C=C\C/C=C\CCCCCCCC(O)CC(=O)NC(COP(=O)(O)OCCN)C(O)/C=C/CCCCCCCCCCCCCC. The Hall–Kier alpha value is -1.32. The molecular weight excluding hydrogens is 663 g/mol. The van der Waals surface area contributed by atoms with Crippen molar-refractivity contribution in [2.75, 3.05) is 19.8 Å². The van der Waals surface area contributed by atoms with Gasteiger partial charge in [-0.05, 0) is 51.4 Å². The molecule has 0 aliphatic heterocycles. The highest BCUT2D eigenvalue weighted by Crippen LogP contribution is 2.43. The van der Waals surface area contributed by atoms with Gasteiger partial charge in [0.05, 0.1) is 37.9 Å². The number of unbranched alkanes of at least 4 members (excludes halogenated alkanes) is 20. The predicted octanol–water partition coefficient (Wildman–Crippen LogP) is 10.1. The smallest absolute Gasteiger partial charge is 0.393 e. The third-order valence-corrected chi connectivity index (χ3v) is 10.00. The Balaban J connectivity index is 4.40. The minimum Gasteiger partial charge on any atom is -0.393 e. The lowest BCUT2D eigenvalue weighted by molar-refractivity contribution is -0.124. The minimum atomic E-state index is -4.40. The van der Waals surface area contributed by atoms with E-state index < -0.39 is 38.6 Å². The van der Waals surface area contributed by atoms with E-state index in [0.717, 1.165) is 64.2 Å². The summed E-state index contributed by atoms with van der Waals surface area (Å²) in [5, 5.41) is 24.0. The van der Waals surface area contributed by atoms with Crippen molar-refractivity contribution in [3.8, 4) is 0 Å². The van der Waals surface area contributed by atoms with Crippen LogP contribution in [-0.2, 0) is 18.4 Å². The van der Waals surface area contributed by atoms with E-state index in [1.165, 1.54) is 89.9 Å². The van der Waals surface area contributed by atoms with Crippen molar-refractivity contribution < 1.29 is 33.5 Å². The normalized spacial score (nSPS) is 15.2. The number of aliphatic hydroxyl groups excluding tert-OH is 2. The second kappa shape index (κ2) is 37.0. The van der Waals surface area contributed by atoms with Gasteiger partial charge in [0, 0.05) is 6.54 Å². The van der Waals surface area contributed by atoms with E-state index in [4.69, 9.17) is 14.8 Å². The summed E-state index contributed by atoms with van der Waals surface area (Å²) in [5.74, 6) is -0.456. The number of carbonyl (C=O) groups is 1. The van der Waals surface area contributed by atoms with E-state index in [1.807, 2.05) is 6.08 Å². The first-order valence-electron chi connectivity index (χ1n) is 20.7. The third-order valence-electron chi connectivity index (χ3n) is 9.01. The molecule has 300 valence electrons. The van der Waals surface area contributed by atoms with Crippen molar-refractivity contribution in [2.24, 2.45) is 5.73 Å². The van der Waals surface area contributed by atoms with Crippen LogP contribution in [0.5, 0.6) is 0 Å². The quantitative estimate of drug-likeness (QED) is 0.0238. The summed E-state index contributed by atoms with van der Waals surface area (Å²) in [6.45, 7) is 3.92. The molecule has 0 fully saturated rings. The average Bonchev–Trinajstić information content (AvgIpc) is 3.10. The lowest BCUT2D eigenvalue weighted by Gasteiger charge is -2.24. The van der Waals surface area contributed by atoms with Crippen molar-refractivity contribution in [1.82, 2.24) is 5.32 Å². The molecule has 0 aromatic heterocycles. The number of phosphoric ester groups is 1. The molecule has 0 saturated heterocycles. The Bertz CT molecular complexity index is 914. The van der Waals surface area contributed by atoms with Gasteiger partial charge in [-0.25, -0.2) is 4.57 Å². The van der Waals surface area contributed by atoms with E-state index in [2.05, 4.69) is 43.5 Å². The van der Waals surface area contributed by atoms with E-state index in [0.29, 0.717) is 6.42 Å². The van der Waals surface area contributed by atoms with Gasteiger partial charge in [0.25, 0.3) is 0 Å². The number of phosphoric acid groups is 1. The second-order valence-corrected chi connectivity index (χ2v) is 15.5. The Morgan fingerprint density at radius 3 is 1.71 bits per heavy atom. The van der Waals surface area contributed by atoms with Crippen molar-refractivity contribution in [1.29, 1.82) is 0 Å². The number of carbonyl (C=O) groups excluding carboxylic acids is 1. The Morgan fingerprint density at radius 2 is 1.16 bits per heavy atom. The van der Waals surface area contributed by atoms with E-state index in [-0.39, 0.29) is 19.6 Å². The summed E-state index contributed by atoms with van der Waals surface area (Å²) < 4.78 is 22.0. The lowest BCUT2D eigenvalue weighted by Crippen LogP contribution is -2.46. The van der Waals surface area contributed by atoms with E-state index in [1.54, 1.807) is 6.08 Å². The standard InChI is InChI=1S/C41H79N2O7P/c1-3-5-7-9-11-13-15-17-19-20-22-24-26-28-30-32-38(44)36-41(46)43-39(37-50-51(47,48)49-35-34-42)40(45)33-31-29-27-25-23-21-18-16-14-12-10-8-6-4-2/h11,13,17,19,31,33,38-40,44-45H,3-10,12,14-16,18,20-30,32,34-37,42H2,1-2H3,(H,43,46)(H,47,48)/b13-11-,19-17-,33-31+. The van der Waals surface area contributed by atoms with Crippen LogP contribution in [0, 0.1) is 0 Å². The molecule has 0 aromatic rings. The number of hydrogen-bond donors (Lipinski definition) is 5. The first kappa shape index (κ1) is 49.7. The molecule has 0 saturated carbocycles. The monoisotopic (exact) mass is 743 g/mol. The Morgan fingerprint density at radius 1 is 0.686 bits per heavy atom. The molecule has 9 nitrogen and oxygen atoms in total. The zero-order valence-corrected chi connectivity index (χ0v) is 33.6. The van der Waals surface area contributed by atoms with E-state index >= 15 is 0 Å². The summed E-state index contributed by atoms with van der Waals surface area (Å²) in [5.41, 5.74) is 5.35. The molecule has 51 heavy (non-hydrogen) atoms. The summed E-state index contributed by atoms with van der Waals surface area (Å²) in [6.07, 6.45) is 39.3. The maximum absolute atomic E-state index is 12.8. The van der Waals surface area contributed by atoms with Gasteiger partial charge >= 0.3 is 7.82 Å². The highest BCUT2D eigenvalue weighted by molar-refractivity contribution is 7.47. The van der Waals surface area contributed by atoms with Crippen LogP contribution in [0.2, 0.25) is 0 Å². The molecular formula is C41H79N2O7P. The van der Waals surface area contributed by atoms with Crippen LogP contribution >= 0.6 is 7.82 Å². The van der Waals surface area contributed by atoms with Crippen molar-refractivity contribution in [3.63, 3.8) is 0 Å². The van der Waals surface area contributed by atoms with Crippen LogP contribution < -0.4 is 11.1 Å². The van der Waals surface area contributed by atoms with Crippen LogP contribution in [0.4, 0.5) is 0 Å². The predicted molar refractivity (Wildman–Crippen MR) is 214 cm³/mol. The molecule has 4 atom stereocenters. The molecule has 10 heteroatoms. The maximum Gasteiger partial charge on any atom is 0.472 e. The van der Waals surface area contributed by atoms with Gasteiger partial charge in [0.2, 0.25) is 5.91 Å². The van der Waals surface area contributed by atoms with Crippen LogP contribution in [0.3, 0.4) is 0 Å². The first-order valence-corrected chi connectivity index (χ1v) is 22.2. The zero-order chi connectivity index (χ0) is 37.7. The molecule has 0 heterocycles. The van der Waals surface area contributed by atoms with Crippen molar-refractivity contribution in [2.45, 2.75) is 199 Å². The van der Waals surface area contributed by atoms with Gasteiger partial charge < -0.3 is 26.2 Å². The number of rotatable bonds is 38. The molecule has 0 aliphatic rings. The van der Waals surface area contributed by atoms with Crippen LogP contribution in [-0.4, -0.2) is 59.0 Å². The number of hydrogen-bond acceptors (Lipinski definition) is 7. The lowest BCUT2D eigenvalue weighted by atomic mass is 10.0. The highest BCUT2D eigenvalue weighted by atomic mass is 31.2. The van der Waals surface area contributed by atoms with Gasteiger partial charge in [0.15, 0.2) is 0 Å². The number of amides is 1. The number of allylic oxidation sites excluding steroid dienone is 5. The number of aliphatic hydroxyl groups is 2. The first-order chi connectivity index (χ1) is 24.8. The molecule has 0 aromatic carbocycles. The zero-order valence-electron chi connectivity index (χ0n) is 32.7. The van der Waals surface area contributed by atoms with Crippen LogP contribution in [0.1, 0.15) is 181 Å². The molecule has 0 bridgehead atoms. The fourth-order valence-electron chi connectivity index (χ4n) is 5.85. The summed E-state index contributed by atoms with van der Waals surface area (Å²) in [4.78, 5) is 22.7. The molecule has 0 aliphatic carbocycles. The number of nitrogens with two attached hydrogens (primary N) is 1. The summed E-state index contributed by atoms with van der Waals surface area (Å²) in [7, 11) is -4.40. The maximum atomic E-state index is 12.8. The Kier molecular flexibility index (Phi) is 36.1. The molecule has 6 N–H and O–H groups in total. The number of nitrogens with one attached hydrogen (secondary N) is 1. The molecule has 0 spiro atoms. The molecule has 4 unspecified atom stereocenters. The third kappa shape index (κ3) is 35.5. The topological polar surface area (TPSA) is 151 Å². The van der Waals surface area contributed by atoms with Gasteiger partial charge in [-0.1, -0.05) is 159 Å². The van der Waals surface area contributed by atoms with Crippen LogP contribution in [0.15, 0.2) is 36.5 Å². The highest BCUT2D eigenvalue weighted by Gasteiger charge is 2.27. The molecule has 0 radical (unpaired) electrons. The van der Waals surface area contributed by atoms with Gasteiger partial charge in [-0.2, -0.15) is 0 Å². The largest absolute Gasteiger partial charge is 0.472 e. The summed E-state index contributed by atoms with van der Waals surface area (Å²) in [6, 6.07) is -0.985. The molecule has 1 amide bonds.